The van der Waals surface area contributed by atoms with Crippen LogP contribution >= 0.6 is 0 Å². The van der Waals surface area contributed by atoms with Crippen molar-refractivity contribution in [2.24, 2.45) is 5.92 Å². The summed E-state index contributed by atoms with van der Waals surface area (Å²) in [5, 5.41) is 12.7. The third-order valence-corrected chi connectivity index (χ3v) is 5.84. The van der Waals surface area contributed by atoms with Gasteiger partial charge in [0.05, 0.1) is 11.7 Å². The number of aromatic amines is 1. The topological polar surface area (TPSA) is 146 Å². The lowest BCUT2D eigenvalue weighted by atomic mass is 9.98. The van der Waals surface area contributed by atoms with Crippen LogP contribution in [0.2, 0.25) is 0 Å². The molecule has 0 aliphatic carbocycles. The summed E-state index contributed by atoms with van der Waals surface area (Å²) in [6.45, 7) is 2.40. The van der Waals surface area contributed by atoms with Crippen LogP contribution in [0.3, 0.4) is 0 Å². The Kier molecular flexibility index (Phi) is 5.80. The second kappa shape index (κ2) is 9.06. The first-order chi connectivity index (χ1) is 16.5. The minimum Gasteiger partial charge on any atom is -0.408 e. The van der Waals surface area contributed by atoms with Crippen molar-refractivity contribution in [2.75, 3.05) is 19.6 Å². The van der Waals surface area contributed by atoms with E-state index < -0.39 is 23.4 Å². The van der Waals surface area contributed by atoms with Crippen molar-refractivity contribution in [1.29, 1.82) is 0 Å². The number of fused-ring (bicyclic) bond motifs is 2. The van der Waals surface area contributed by atoms with Crippen LogP contribution in [0.25, 0.3) is 16.7 Å². The van der Waals surface area contributed by atoms with E-state index >= 15 is 0 Å². The number of piperidine rings is 1. The van der Waals surface area contributed by atoms with Crippen molar-refractivity contribution in [3.05, 3.63) is 63.8 Å². The van der Waals surface area contributed by atoms with Crippen LogP contribution in [0.4, 0.5) is 4.39 Å². The lowest BCUT2D eigenvalue weighted by molar-refractivity contribution is 0.0936. The van der Waals surface area contributed by atoms with Gasteiger partial charge in [-0.2, -0.15) is 5.10 Å². The van der Waals surface area contributed by atoms with E-state index in [0.29, 0.717) is 29.1 Å². The molecule has 1 saturated heterocycles. The number of amides is 2. The normalized spacial score (nSPS) is 14.5. The third-order valence-electron chi connectivity index (χ3n) is 5.84. The maximum absolute atomic E-state index is 14.3. The van der Waals surface area contributed by atoms with Crippen molar-refractivity contribution in [3.63, 3.8) is 0 Å². The van der Waals surface area contributed by atoms with Crippen molar-refractivity contribution < 1.29 is 18.4 Å². The standard InChI is InChI=1S/C22H22FN7O4/c23-14-11-27-30-17(21(32)26-9-12-3-5-24-6-4-12)8-16(28-19(14)30)20(31)25-10-13-1-2-18-15(7-13)29-22(33)34-18/h1-2,7-8,11-12,24H,3-6,9-10H2,(H,25,31)(H,26,32)(H,29,33). The highest BCUT2D eigenvalue weighted by Gasteiger charge is 2.21. The predicted molar refractivity (Wildman–Crippen MR) is 119 cm³/mol. The summed E-state index contributed by atoms with van der Waals surface area (Å²) in [6.07, 6.45) is 2.86. The summed E-state index contributed by atoms with van der Waals surface area (Å²) in [7, 11) is 0. The monoisotopic (exact) mass is 467 g/mol. The summed E-state index contributed by atoms with van der Waals surface area (Å²) >= 11 is 0. The van der Waals surface area contributed by atoms with Gasteiger partial charge in [-0.15, -0.1) is 0 Å². The Morgan fingerprint density at radius 1 is 1.18 bits per heavy atom. The Morgan fingerprint density at radius 3 is 2.82 bits per heavy atom. The molecule has 0 bridgehead atoms. The van der Waals surface area contributed by atoms with Crippen molar-refractivity contribution in [2.45, 2.75) is 19.4 Å². The third kappa shape index (κ3) is 4.39. The quantitative estimate of drug-likeness (QED) is 0.330. The van der Waals surface area contributed by atoms with E-state index in [1.165, 1.54) is 6.07 Å². The van der Waals surface area contributed by atoms with E-state index in [0.717, 1.165) is 36.6 Å². The second-order valence-corrected chi connectivity index (χ2v) is 8.19. The molecule has 1 aliphatic rings. The summed E-state index contributed by atoms with van der Waals surface area (Å²) < 4.78 is 20.3. The molecular weight excluding hydrogens is 445 g/mol. The number of benzene rings is 1. The number of hydrogen-bond acceptors (Lipinski definition) is 7. The zero-order valence-electron chi connectivity index (χ0n) is 18.1. The summed E-state index contributed by atoms with van der Waals surface area (Å²) in [4.78, 5) is 43.6. The lowest BCUT2D eigenvalue weighted by Gasteiger charge is -2.22. The van der Waals surface area contributed by atoms with Gasteiger partial charge in [-0.25, -0.2) is 18.7 Å². The largest absolute Gasteiger partial charge is 0.417 e. The van der Waals surface area contributed by atoms with Gasteiger partial charge in [0.1, 0.15) is 11.4 Å². The molecule has 0 radical (unpaired) electrons. The number of carbonyl (C=O) groups excluding carboxylic acids is 2. The summed E-state index contributed by atoms with van der Waals surface area (Å²) in [6, 6.07) is 6.29. The van der Waals surface area contributed by atoms with Crippen LogP contribution in [-0.2, 0) is 6.54 Å². The Balaban J connectivity index is 1.34. The highest BCUT2D eigenvalue weighted by atomic mass is 19.1. The van der Waals surface area contributed by atoms with Crippen LogP contribution in [-0.4, -0.2) is 51.0 Å². The molecule has 176 valence electrons. The molecular formula is C22H22FN7O4. The van der Waals surface area contributed by atoms with Gasteiger partial charge in [0.25, 0.3) is 11.8 Å². The number of oxazole rings is 1. The lowest BCUT2D eigenvalue weighted by Crippen LogP contribution is -2.36. The second-order valence-electron chi connectivity index (χ2n) is 8.19. The molecule has 4 N–H and O–H groups in total. The molecule has 4 aromatic rings. The maximum Gasteiger partial charge on any atom is 0.417 e. The highest BCUT2D eigenvalue weighted by Crippen LogP contribution is 2.15. The van der Waals surface area contributed by atoms with Crippen LogP contribution < -0.4 is 21.7 Å². The molecule has 3 aromatic heterocycles. The van der Waals surface area contributed by atoms with Gasteiger partial charge in [-0.3, -0.25) is 14.6 Å². The van der Waals surface area contributed by atoms with E-state index in [1.807, 2.05) is 0 Å². The minimum atomic E-state index is -0.739. The fraction of sp³-hybridized carbons (Fsp3) is 0.318. The molecule has 0 spiro atoms. The zero-order chi connectivity index (χ0) is 23.7. The first-order valence-corrected chi connectivity index (χ1v) is 10.9. The van der Waals surface area contributed by atoms with Gasteiger partial charge in [-0.05, 0) is 49.5 Å². The van der Waals surface area contributed by atoms with Gasteiger partial charge < -0.3 is 20.4 Å². The van der Waals surface area contributed by atoms with Gasteiger partial charge in [0.2, 0.25) is 0 Å². The van der Waals surface area contributed by atoms with Crippen molar-refractivity contribution >= 4 is 28.6 Å². The van der Waals surface area contributed by atoms with Gasteiger partial charge >= 0.3 is 5.76 Å². The number of aromatic nitrogens is 4. The first-order valence-electron chi connectivity index (χ1n) is 10.9. The van der Waals surface area contributed by atoms with Crippen molar-refractivity contribution in [1.82, 2.24) is 35.5 Å². The number of halogens is 1. The predicted octanol–water partition coefficient (Wildman–Crippen LogP) is 0.962. The Bertz CT molecular complexity index is 1430. The van der Waals surface area contributed by atoms with Gasteiger partial charge in [-0.1, -0.05) is 6.07 Å². The molecule has 1 fully saturated rings. The number of H-pyrrole nitrogens is 1. The number of hydrogen-bond donors (Lipinski definition) is 4. The van der Waals surface area contributed by atoms with Crippen LogP contribution in [0.15, 0.2) is 39.7 Å². The molecule has 2 amide bonds. The molecule has 0 atom stereocenters. The average Bonchev–Trinajstić information content (AvgIpc) is 3.42. The van der Waals surface area contributed by atoms with E-state index in [1.54, 1.807) is 18.2 Å². The van der Waals surface area contributed by atoms with Crippen LogP contribution in [0, 0.1) is 11.7 Å². The molecule has 0 saturated carbocycles. The Hall–Kier alpha value is -4.06. The highest BCUT2D eigenvalue weighted by molar-refractivity contribution is 5.98. The van der Waals surface area contributed by atoms with Crippen LogP contribution in [0.5, 0.6) is 0 Å². The molecule has 0 unspecified atom stereocenters. The first kappa shape index (κ1) is 21.8. The minimum absolute atomic E-state index is 0.0189. The zero-order valence-corrected chi connectivity index (χ0v) is 18.1. The van der Waals surface area contributed by atoms with E-state index in [-0.39, 0.29) is 23.6 Å². The number of nitrogens with zero attached hydrogens (tertiary/aromatic N) is 3. The fourth-order valence-corrected chi connectivity index (χ4v) is 4.01. The summed E-state index contributed by atoms with van der Waals surface area (Å²) in [5.41, 5.74) is 1.31. The van der Waals surface area contributed by atoms with Gasteiger partial charge in [0.15, 0.2) is 17.0 Å². The number of nitrogens with one attached hydrogen (secondary N) is 4. The molecule has 12 heteroatoms. The molecule has 11 nitrogen and oxygen atoms in total. The molecule has 1 aliphatic heterocycles. The number of carbonyl (C=O) groups is 2. The molecule has 5 rings (SSSR count). The Morgan fingerprint density at radius 2 is 2.00 bits per heavy atom. The maximum atomic E-state index is 14.3. The Labute approximate surface area is 191 Å². The molecule has 4 heterocycles. The van der Waals surface area contributed by atoms with Gasteiger partial charge in [0, 0.05) is 19.2 Å². The number of rotatable bonds is 6. The molecule has 1 aromatic carbocycles. The van der Waals surface area contributed by atoms with E-state index in [9.17, 15) is 18.8 Å². The SMILES string of the molecule is O=C(NCc1ccc2oc(=O)[nH]c2c1)c1cc(C(=O)NCC2CCNCC2)n2ncc(F)c2n1. The van der Waals surface area contributed by atoms with Crippen LogP contribution in [0.1, 0.15) is 39.4 Å². The summed E-state index contributed by atoms with van der Waals surface area (Å²) in [5.74, 6) is -2.00. The van der Waals surface area contributed by atoms with Crippen molar-refractivity contribution in [3.8, 4) is 0 Å². The fourth-order valence-electron chi connectivity index (χ4n) is 4.01. The molecule has 34 heavy (non-hydrogen) atoms. The average molecular weight is 467 g/mol. The smallest absolute Gasteiger partial charge is 0.408 e. The van der Waals surface area contributed by atoms with E-state index in [2.05, 4.69) is 31.0 Å². The van der Waals surface area contributed by atoms with E-state index in [4.69, 9.17) is 4.42 Å².